The van der Waals surface area contributed by atoms with Crippen LogP contribution in [-0.2, 0) is 13.1 Å². The largest absolute Gasteiger partial charge is 0.308 e. The van der Waals surface area contributed by atoms with Gasteiger partial charge in [0.25, 0.3) is 0 Å². The van der Waals surface area contributed by atoms with Crippen molar-refractivity contribution in [1.82, 2.24) is 15.1 Å². The summed E-state index contributed by atoms with van der Waals surface area (Å²) in [4.78, 5) is 0. The molecule has 0 fully saturated rings. The zero-order valence-corrected chi connectivity index (χ0v) is 13.6. The van der Waals surface area contributed by atoms with Gasteiger partial charge < -0.3 is 5.32 Å². The van der Waals surface area contributed by atoms with E-state index in [9.17, 15) is 4.39 Å². The molecule has 0 aliphatic rings. The normalized spacial score (nSPS) is 11.9. The van der Waals surface area contributed by atoms with Crippen LogP contribution in [0.15, 0.2) is 24.4 Å². The van der Waals surface area contributed by atoms with Gasteiger partial charge in [-0.1, -0.05) is 17.7 Å². The Kier molecular flexibility index (Phi) is 4.69. The van der Waals surface area contributed by atoms with Crippen molar-refractivity contribution in [2.45, 2.75) is 46.3 Å². The van der Waals surface area contributed by atoms with E-state index in [1.807, 2.05) is 17.8 Å². The van der Waals surface area contributed by atoms with E-state index < -0.39 is 0 Å². The van der Waals surface area contributed by atoms with Gasteiger partial charge in [-0.25, -0.2) is 4.39 Å². The molecule has 0 spiro atoms. The summed E-state index contributed by atoms with van der Waals surface area (Å²) in [6, 6.07) is 4.73. The van der Waals surface area contributed by atoms with E-state index in [2.05, 4.69) is 31.2 Å². The molecule has 0 radical (unpaired) electrons. The second kappa shape index (κ2) is 6.16. The number of halogens is 2. The summed E-state index contributed by atoms with van der Waals surface area (Å²) >= 11 is 5.77. The Hall–Kier alpha value is -1.39. The summed E-state index contributed by atoms with van der Waals surface area (Å²) in [6.45, 7) is 9.52. The van der Waals surface area contributed by atoms with Crippen molar-refractivity contribution < 1.29 is 4.39 Å². The maximum atomic E-state index is 13.8. The highest BCUT2D eigenvalue weighted by Crippen LogP contribution is 2.17. The lowest BCUT2D eigenvalue weighted by molar-refractivity contribution is 0.423. The molecular formula is C16H21ClFN3. The van der Waals surface area contributed by atoms with Crippen molar-refractivity contribution >= 4 is 11.6 Å². The van der Waals surface area contributed by atoms with Crippen molar-refractivity contribution in [3.05, 3.63) is 52.1 Å². The van der Waals surface area contributed by atoms with Crippen molar-refractivity contribution in [1.29, 1.82) is 0 Å². The molecule has 0 amide bonds. The van der Waals surface area contributed by atoms with Gasteiger partial charge in [0.05, 0.1) is 12.7 Å². The summed E-state index contributed by atoms with van der Waals surface area (Å²) in [5, 5.41) is 8.19. The lowest BCUT2D eigenvalue weighted by Gasteiger charge is -2.20. The van der Waals surface area contributed by atoms with Crippen LogP contribution in [0, 0.1) is 12.7 Å². The Morgan fingerprint density at radius 3 is 2.62 bits per heavy atom. The van der Waals surface area contributed by atoms with E-state index >= 15 is 0 Å². The number of hydrogen-bond donors (Lipinski definition) is 1. The summed E-state index contributed by atoms with van der Waals surface area (Å²) < 4.78 is 15.7. The topological polar surface area (TPSA) is 29.9 Å². The number of benzene rings is 1. The van der Waals surface area contributed by atoms with E-state index in [1.165, 1.54) is 6.07 Å². The van der Waals surface area contributed by atoms with Gasteiger partial charge in [0.2, 0.25) is 0 Å². The summed E-state index contributed by atoms with van der Waals surface area (Å²) in [7, 11) is 0. The van der Waals surface area contributed by atoms with Gasteiger partial charge in [0.15, 0.2) is 0 Å². The van der Waals surface area contributed by atoms with Gasteiger partial charge in [-0.2, -0.15) is 5.10 Å². The number of rotatable bonds is 4. The van der Waals surface area contributed by atoms with Crippen LogP contribution in [0.3, 0.4) is 0 Å². The van der Waals surface area contributed by atoms with Gasteiger partial charge in [0, 0.05) is 33.9 Å². The molecule has 1 heterocycles. The lowest BCUT2D eigenvalue weighted by Crippen LogP contribution is -2.35. The second-order valence-electron chi connectivity index (χ2n) is 6.25. The summed E-state index contributed by atoms with van der Waals surface area (Å²) in [5.41, 5.74) is 2.80. The first kappa shape index (κ1) is 16.0. The van der Waals surface area contributed by atoms with Crippen molar-refractivity contribution in [3.8, 4) is 0 Å². The molecule has 0 aliphatic heterocycles. The molecule has 0 atom stereocenters. The van der Waals surface area contributed by atoms with Gasteiger partial charge in [-0.15, -0.1) is 0 Å². The van der Waals surface area contributed by atoms with Crippen LogP contribution < -0.4 is 5.32 Å². The number of hydrogen-bond acceptors (Lipinski definition) is 2. The Labute approximate surface area is 130 Å². The first-order valence-electron chi connectivity index (χ1n) is 6.96. The molecule has 2 rings (SSSR count). The summed E-state index contributed by atoms with van der Waals surface area (Å²) in [5.74, 6) is -0.299. The zero-order valence-electron chi connectivity index (χ0n) is 12.9. The number of nitrogens with zero attached hydrogens (tertiary/aromatic N) is 2. The SMILES string of the molecule is Cc1c(CNC(C)(C)C)cnn1Cc1ccc(Cl)cc1F. The standard InChI is InChI=1S/C16H21ClFN3/c1-11-13(8-19-16(2,3)4)9-20-21(11)10-12-5-6-14(17)7-15(12)18/h5-7,9,19H,8,10H2,1-4H3. The van der Waals surface area contributed by atoms with Crippen molar-refractivity contribution in [2.24, 2.45) is 0 Å². The van der Waals surface area contributed by atoms with E-state index in [0.717, 1.165) is 17.8 Å². The molecule has 21 heavy (non-hydrogen) atoms. The zero-order chi connectivity index (χ0) is 15.6. The van der Waals surface area contributed by atoms with Crippen LogP contribution in [-0.4, -0.2) is 15.3 Å². The fourth-order valence-electron chi connectivity index (χ4n) is 1.99. The minimum atomic E-state index is -0.299. The molecule has 0 aliphatic carbocycles. The predicted molar refractivity (Wildman–Crippen MR) is 84.1 cm³/mol. The average molecular weight is 310 g/mol. The van der Waals surface area contributed by atoms with E-state index in [0.29, 0.717) is 17.1 Å². The Balaban J connectivity index is 2.13. The molecule has 0 saturated heterocycles. The van der Waals surface area contributed by atoms with Crippen LogP contribution in [0.5, 0.6) is 0 Å². The van der Waals surface area contributed by atoms with Crippen molar-refractivity contribution in [3.63, 3.8) is 0 Å². The van der Waals surface area contributed by atoms with Crippen LogP contribution in [0.2, 0.25) is 5.02 Å². The minimum absolute atomic E-state index is 0.0524. The van der Waals surface area contributed by atoms with E-state index in [-0.39, 0.29) is 11.4 Å². The molecular weight excluding hydrogens is 289 g/mol. The van der Waals surface area contributed by atoms with Crippen LogP contribution in [0.25, 0.3) is 0 Å². The van der Waals surface area contributed by atoms with Crippen LogP contribution >= 0.6 is 11.6 Å². The fourth-order valence-corrected chi connectivity index (χ4v) is 2.15. The van der Waals surface area contributed by atoms with Crippen molar-refractivity contribution in [2.75, 3.05) is 0 Å². The molecule has 3 nitrogen and oxygen atoms in total. The third kappa shape index (κ3) is 4.29. The first-order valence-corrected chi connectivity index (χ1v) is 7.34. The van der Waals surface area contributed by atoms with E-state index in [4.69, 9.17) is 11.6 Å². The van der Waals surface area contributed by atoms with E-state index in [1.54, 1.807) is 12.1 Å². The van der Waals surface area contributed by atoms with Gasteiger partial charge in [0.1, 0.15) is 5.82 Å². The molecule has 2 aromatic rings. The molecule has 1 aromatic heterocycles. The first-order chi connectivity index (χ1) is 9.76. The Morgan fingerprint density at radius 2 is 2.00 bits per heavy atom. The number of aromatic nitrogens is 2. The monoisotopic (exact) mass is 309 g/mol. The predicted octanol–water partition coefficient (Wildman–Crippen LogP) is 3.92. The molecule has 1 aromatic carbocycles. The highest BCUT2D eigenvalue weighted by atomic mass is 35.5. The second-order valence-corrected chi connectivity index (χ2v) is 6.69. The molecule has 0 saturated carbocycles. The highest BCUT2D eigenvalue weighted by Gasteiger charge is 2.13. The molecule has 0 unspecified atom stereocenters. The molecule has 114 valence electrons. The highest BCUT2D eigenvalue weighted by molar-refractivity contribution is 6.30. The third-order valence-electron chi connectivity index (χ3n) is 3.35. The number of nitrogens with one attached hydrogen (secondary N) is 1. The molecule has 1 N–H and O–H groups in total. The van der Waals surface area contributed by atoms with Gasteiger partial charge >= 0.3 is 0 Å². The van der Waals surface area contributed by atoms with Gasteiger partial charge in [-0.05, 0) is 39.8 Å². The molecule has 5 heteroatoms. The Bertz CT molecular complexity index is 629. The minimum Gasteiger partial charge on any atom is -0.308 e. The quantitative estimate of drug-likeness (QED) is 0.927. The smallest absolute Gasteiger partial charge is 0.129 e. The van der Waals surface area contributed by atoms with Crippen LogP contribution in [0.1, 0.15) is 37.6 Å². The molecule has 0 bridgehead atoms. The maximum Gasteiger partial charge on any atom is 0.129 e. The average Bonchev–Trinajstić information content (AvgIpc) is 2.71. The Morgan fingerprint density at radius 1 is 1.29 bits per heavy atom. The summed E-state index contributed by atoms with van der Waals surface area (Å²) in [6.07, 6.45) is 1.84. The third-order valence-corrected chi connectivity index (χ3v) is 3.58. The maximum absolute atomic E-state index is 13.8. The lowest BCUT2D eigenvalue weighted by atomic mass is 10.1. The van der Waals surface area contributed by atoms with Crippen LogP contribution in [0.4, 0.5) is 4.39 Å². The van der Waals surface area contributed by atoms with Gasteiger partial charge in [-0.3, -0.25) is 4.68 Å². The fraction of sp³-hybridized carbons (Fsp3) is 0.438.